The van der Waals surface area contributed by atoms with E-state index in [0.29, 0.717) is 23.9 Å². The topological polar surface area (TPSA) is 124 Å². The van der Waals surface area contributed by atoms with Crippen LogP contribution in [-0.2, 0) is 19.1 Å². The summed E-state index contributed by atoms with van der Waals surface area (Å²) in [6.45, 7) is 0.344. The molecular weight excluding hydrogens is 378 g/mol. The summed E-state index contributed by atoms with van der Waals surface area (Å²) in [5.41, 5.74) is 0. The van der Waals surface area contributed by atoms with Gasteiger partial charge in [0.25, 0.3) is 0 Å². The van der Waals surface area contributed by atoms with E-state index < -0.39 is 30.1 Å². The number of aliphatic carboxylic acids is 2. The maximum atomic E-state index is 12.0. The minimum absolute atomic E-state index is 0.159. The summed E-state index contributed by atoms with van der Waals surface area (Å²) >= 11 is 0. The Balaban J connectivity index is 3.98. The van der Waals surface area contributed by atoms with Crippen LogP contribution in [0.3, 0.4) is 0 Å². The Morgan fingerprint density at radius 1 is 1.00 bits per heavy atom. The van der Waals surface area contributed by atoms with Crippen molar-refractivity contribution in [2.45, 2.75) is 76.4 Å². The van der Waals surface area contributed by atoms with Crippen LogP contribution in [0.4, 0.5) is 0 Å². The molecule has 2 unspecified atom stereocenters. The maximum absolute atomic E-state index is 12.0. The number of carboxylic acid groups (broad SMARTS) is 2. The van der Waals surface area contributed by atoms with E-state index in [1.165, 1.54) is 0 Å². The van der Waals surface area contributed by atoms with Gasteiger partial charge in [-0.1, -0.05) is 18.6 Å². The number of carboxylic acids is 2. The van der Waals surface area contributed by atoms with Gasteiger partial charge in [-0.3, -0.25) is 9.59 Å². The quantitative estimate of drug-likeness (QED) is 0.159. The molecule has 0 amide bonds. The summed E-state index contributed by atoms with van der Waals surface area (Å²) in [6, 6.07) is 0. The third kappa shape index (κ3) is 19.2. The van der Waals surface area contributed by atoms with Gasteiger partial charge in [0, 0.05) is 18.8 Å². The highest BCUT2D eigenvalue weighted by Crippen LogP contribution is 2.11. The molecule has 2 atom stereocenters. The summed E-state index contributed by atoms with van der Waals surface area (Å²) in [7, 11) is 5.61. The molecular formula is C21H37NO7. The second-order valence-corrected chi connectivity index (χ2v) is 8.41. The van der Waals surface area contributed by atoms with Crippen LogP contribution in [0.25, 0.3) is 0 Å². The van der Waals surface area contributed by atoms with Crippen LogP contribution in [0.5, 0.6) is 0 Å². The molecule has 0 fully saturated rings. The Kier molecular flexibility index (Phi) is 14.0. The highest BCUT2D eigenvalue weighted by molar-refractivity contribution is 5.71. The number of rotatable bonds is 17. The Labute approximate surface area is 173 Å². The van der Waals surface area contributed by atoms with Crippen LogP contribution < -0.4 is 5.11 Å². The van der Waals surface area contributed by atoms with E-state index in [2.05, 4.69) is 6.08 Å². The molecule has 0 heterocycles. The van der Waals surface area contributed by atoms with Gasteiger partial charge in [-0.25, -0.2) is 0 Å². The van der Waals surface area contributed by atoms with Crippen LogP contribution >= 0.6 is 0 Å². The Morgan fingerprint density at radius 3 is 2.17 bits per heavy atom. The van der Waals surface area contributed by atoms with Crippen LogP contribution in [0.1, 0.15) is 64.2 Å². The van der Waals surface area contributed by atoms with Gasteiger partial charge in [-0.2, -0.15) is 0 Å². The lowest BCUT2D eigenvalue weighted by Gasteiger charge is -2.29. The van der Waals surface area contributed by atoms with Gasteiger partial charge in [0.2, 0.25) is 0 Å². The molecule has 0 aromatic carbocycles. The van der Waals surface area contributed by atoms with Crippen molar-refractivity contribution in [1.29, 1.82) is 0 Å². The lowest BCUT2D eigenvalue weighted by molar-refractivity contribution is -0.873. The number of carbonyl (C=O) groups is 3. The summed E-state index contributed by atoms with van der Waals surface area (Å²) in [5, 5.41) is 29.4. The number of unbranched alkanes of at least 4 members (excludes halogenated alkanes) is 4. The lowest BCUT2D eigenvalue weighted by Crippen LogP contribution is -2.45. The third-order valence-electron chi connectivity index (χ3n) is 4.18. The van der Waals surface area contributed by atoms with Crippen molar-refractivity contribution >= 4 is 17.9 Å². The molecule has 8 nitrogen and oxygen atoms in total. The van der Waals surface area contributed by atoms with Gasteiger partial charge in [-0.15, -0.1) is 0 Å². The molecule has 168 valence electrons. The van der Waals surface area contributed by atoms with E-state index >= 15 is 0 Å². The van der Waals surface area contributed by atoms with Crippen LogP contribution in [0, 0.1) is 0 Å². The fraction of sp³-hybridized carbons (Fsp3) is 0.762. The number of likely N-dealkylation sites (N-methyl/N-ethyl adjacent to an activating group) is 1. The Morgan fingerprint density at radius 2 is 1.62 bits per heavy atom. The first kappa shape index (κ1) is 27.1. The highest BCUT2D eigenvalue weighted by atomic mass is 16.5. The molecule has 0 saturated heterocycles. The number of aliphatic hydroxyl groups is 1. The molecule has 2 N–H and O–H groups in total. The number of carbonyl (C=O) groups excluding carboxylic acids is 2. The summed E-state index contributed by atoms with van der Waals surface area (Å²) in [4.78, 5) is 33.2. The van der Waals surface area contributed by atoms with Crippen molar-refractivity contribution in [3.05, 3.63) is 12.2 Å². The smallest absolute Gasteiger partial charge is 0.308 e. The second-order valence-electron chi connectivity index (χ2n) is 8.41. The first-order chi connectivity index (χ1) is 13.5. The fourth-order valence-electron chi connectivity index (χ4n) is 2.89. The number of hydrogen-bond donors (Lipinski definition) is 2. The van der Waals surface area contributed by atoms with E-state index in [9.17, 15) is 24.6 Å². The van der Waals surface area contributed by atoms with Crippen LogP contribution in [-0.4, -0.2) is 72.5 Å². The standard InChI is InChI=1S/C21H37NO7/c1-22(2,3)16-18(15-20(26)27)29-21(28)14-17(23)12-10-8-6-4-5-7-9-11-13-19(24)25/h4,6,17-18,23H,5,7-16H2,1-3H3,(H-,24,25,26,27)/b6-4+. The van der Waals surface area contributed by atoms with Gasteiger partial charge in [0.05, 0.1) is 33.7 Å². The van der Waals surface area contributed by atoms with Gasteiger partial charge >= 0.3 is 11.9 Å². The van der Waals surface area contributed by atoms with Gasteiger partial charge in [0.15, 0.2) is 6.10 Å². The zero-order valence-corrected chi connectivity index (χ0v) is 18.0. The summed E-state index contributed by atoms with van der Waals surface area (Å²) < 4.78 is 5.67. The number of hydrogen-bond acceptors (Lipinski definition) is 6. The number of aliphatic hydroxyl groups excluding tert-OH is 1. The average Bonchev–Trinajstić information content (AvgIpc) is 2.53. The van der Waals surface area contributed by atoms with Crippen LogP contribution in [0.2, 0.25) is 0 Å². The number of esters is 1. The minimum atomic E-state index is -1.27. The van der Waals surface area contributed by atoms with Crippen molar-refractivity contribution in [2.24, 2.45) is 0 Å². The SMILES string of the molecule is C[N+](C)(C)CC(CC(=O)[O-])OC(=O)CC(O)CCC/C=C/CCCCCC(=O)O. The average molecular weight is 416 g/mol. The van der Waals surface area contributed by atoms with Crippen molar-refractivity contribution in [3.63, 3.8) is 0 Å². The molecule has 0 rings (SSSR count). The van der Waals surface area contributed by atoms with E-state index in [0.717, 1.165) is 32.1 Å². The van der Waals surface area contributed by atoms with Gasteiger partial charge in [0.1, 0.15) is 6.54 Å². The molecule has 0 bridgehead atoms. The van der Waals surface area contributed by atoms with Crippen molar-refractivity contribution in [3.8, 4) is 0 Å². The molecule has 0 spiro atoms. The molecule has 0 saturated carbocycles. The zero-order chi connectivity index (χ0) is 22.3. The molecule has 0 aliphatic heterocycles. The zero-order valence-electron chi connectivity index (χ0n) is 18.0. The number of ether oxygens (including phenoxy) is 1. The van der Waals surface area contributed by atoms with Gasteiger partial charge in [-0.05, 0) is 38.5 Å². The second kappa shape index (κ2) is 15.0. The van der Waals surface area contributed by atoms with Crippen molar-refractivity contribution in [2.75, 3.05) is 27.7 Å². The largest absolute Gasteiger partial charge is 0.550 e. The molecule has 29 heavy (non-hydrogen) atoms. The molecule has 0 radical (unpaired) electrons. The minimum Gasteiger partial charge on any atom is -0.550 e. The van der Waals surface area contributed by atoms with E-state index in [-0.39, 0.29) is 19.3 Å². The first-order valence-corrected chi connectivity index (χ1v) is 10.2. The fourth-order valence-corrected chi connectivity index (χ4v) is 2.89. The van der Waals surface area contributed by atoms with E-state index in [4.69, 9.17) is 9.84 Å². The van der Waals surface area contributed by atoms with E-state index in [1.807, 2.05) is 27.2 Å². The Hall–Kier alpha value is -1.93. The summed E-state index contributed by atoms with van der Waals surface area (Å²) in [5.74, 6) is -2.63. The third-order valence-corrected chi connectivity index (χ3v) is 4.18. The maximum Gasteiger partial charge on any atom is 0.308 e. The number of quaternary nitrogens is 1. The van der Waals surface area contributed by atoms with Crippen molar-refractivity contribution in [1.82, 2.24) is 0 Å². The first-order valence-electron chi connectivity index (χ1n) is 10.2. The number of allylic oxidation sites excluding steroid dienone is 2. The molecule has 0 aliphatic rings. The molecule has 0 aliphatic carbocycles. The van der Waals surface area contributed by atoms with Gasteiger partial charge < -0.3 is 29.3 Å². The predicted molar refractivity (Wildman–Crippen MR) is 107 cm³/mol. The normalized spacial score (nSPS) is 13.9. The van der Waals surface area contributed by atoms with E-state index in [1.54, 1.807) is 0 Å². The Bertz CT molecular complexity index is 526. The highest BCUT2D eigenvalue weighted by Gasteiger charge is 2.23. The molecule has 0 aromatic heterocycles. The predicted octanol–water partition coefficient (Wildman–Crippen LogP) is 1.26. The molecule has 0 aromatic rings. The monoisotopic (exact) mass is 415 g/mol. The number of nitrogens with zero attached hydrogens (tertiary/aromatic N) is 1. The lowest BCUT2D eigenvalue weighted by atomic mass is 10.1. The van der Waals surface area contributed by atoms with Crippen LogP contribution in [0.15, 0.2) is 12.2 Å². The van der Waals surface area contributed by atoms with Crippen molar-refractivity contribution < 1.29 is 38.9 Å². The molecule has 8 heteroatoms. The summed E-state index contributed by atoms with van der Waals surface area (Å²) in [6.07, 6.45) is 7.60.